The number of H-pyrrole nitrogens is 1. The molecule has 0 fully saturated rings. The molecule has 1 aromatic heterocycles. The number of rotatable bonds is 6. The molecule has 0 unspecified atom stereocenters. The van der Waals surface area contributed by atoms with E-state index in [1.165, 1.54) is 6.08 Å². The summed E-state index contributed by atoms with van der Waals surface area (Å²) < 4.78 is 27.7. The molecule has 0 saturated heterocycles. The Morgan fingerprint density at radius 3 is 2.48 bits per heavy atom. The van der Waals surface area contributed by atoms with Crippen molar-refractivity contribution in [1.29, 1.82) is 0 Å². The Hall–Kier alpha value is -2.81. The molecule has 8 nitrogen and oxygen atoms in total. The molecule has 2 aromatic rings. The van der Waals surface area contributed by atoms with E-state index in [2.05, 4.69) is 9.71 Å². The van der Waals surface area contributed by atoms with E-state index < -0.39 is 21.3 Å². The molecule has 1 heterocycles. The van der Waals surface area contributed by atoms with Gasteiger partial charge in [-0.15, -0.1) is 0 Å². The van der Waals surface area contributed by atoms with Crippen LogP contribution in [0.3, 0.4) is 0 Å². The van der Waals surface area contributed by atoms with Gasteiger partial charge in [0.2, 0.25) is 0 Å². The standard InChI is InChI=1S/C16H20N4O4S/c1-11(2)10-20-14(17)13(15(21)18-16(20)22)19-25(23,24)9-8-12-6-4-3-5-7-12/h3-9,11,19H,10,17H2,1-2H3,(H,18,21,22)/b9-8+. The highest BCUT2D eigenvalue weighted by molar-refractivity contribution is 7.95. The number of sulfonamides is 1. The Bertz CT molecular complexity index is 989. The molecule has 0 bridgehead atoms. The molecule has 0 atom stereocenters. The predicted molar refractivity (Wildman–Crippen MR) is 98.6 cm³/mol. The maximum Gasteiger partial charge on any atom is 0.330 e. The van der Waals surface area contributed by atoms with Gasteiger partial charge < -0.3 is 5.73 Å². The summed E-state index contributed by atoms with van der Waals surface area (Å²) in [6.07, 6.45) is 1.39. The van der Waals surface area contributed by atoms with Crippen molar-refractivity contribution in [2.24, 2.45) is 5.92 Å². The van der Waals surface area contributed by atoms with Crippen LogP contribution in [0.1, 0.15) is 19.4 Å². The van der Waals surface area contributed by atoms with Gasteiger partial charge in [-0.2, -0.15) is 0 Å². The van der Waals surface area contributed by atoms with Crippen LogP contribution < -0.4 is 21.7 Å². The van der Waals surface area contributed by atoms with Gasteiger partial charge in [-0.05, 0) is 17.6 Å². The second kappa shape index (κ2) is 7.39. The highest BCUT2D eigenvalue weighted by atomic mass is 32.2. The summed E-state index contributed by atoms with van der Waals surface area (Å²) in [6, 6.07) is 8.81. The fraction of sp³-hybridized carbons (Fsp3) is 0.250. The molecule has 25 heavy (non-hydrogen) atoms. The molecule has 0 radical (unpaired) electrons. The maximum atomic E-state index is 12.2. The van der Waals surface area contributed by atoms with Crippen molar-refractivity contribution in [2.45, 2.75) is 20.4 Å². The fourth-order valence-electron chi connectivity index (χ4n) is 2.14. The summed E-state index contributed by atoms with van der Waals surface area (Å²) in [7, 11) is -3.98. The zero-order valence-corrected chi connectivity index (χ0v) is 14.7. The highest BCUT2D eigenvalue weighted by Gasteiger charge is 2.17. The van der Waals surface area contributed by atoms with E-state index in [0.29, 0.717) is 5.56 Å². The number of aromatic amines is 1. The Morgan fingerprint density at radius 1 is 1.24 bits per heavy atom. The Balaban J connectivity index is 2.37. The van der Waals surface area contributed by atoms with Gasteiger partial charge in [0.15, 0.2) is 5.69 Å². The second-order valence-electron chi connectivity index (χ2n) is 5.88. The largest absolute Gasteiger partial charge is 0.383 e. The molecule has 1 aromatic carbocycles. The third kappa shape index (κ3) is 4.83. The lowest BCUT2D eigenvalue weighted by atomic mass is 10.2. The van der Waals surface area contributed by atoms with Gasteiger partial charge in [0.25, 0.3) is 15.6 Å². The quantitative estimate of drug-likeness (QED) is 0.709. The first-order valence-electron chi connectivity index (χ1n) is 7.58. The molecule has 0 aliphatic rings. The van der Waals surface area contributed by atoms with E-state index in [-0.39, 0.29) is 24.0 Å². The van der Waals surface area contributed by atoms with Crippen LogP contribution in [0.2, 0.25) is 0 Å². The normalized spacial score (nSPS) is 12.0. The first-order valence-corrected chi connectivity index (χ1v) is 9.13. The smallest absolute Gasteiger partial charge is 0.330 e. The van der Waals surface area contributed by atoms with Crippen LogP contribution in [0, 0.1) is 5.92 Å². The van der Waals surface area contributed by atoms with Crippen molar-refractivity contribution in [3.05, 3.63) is 62.1 Å². The lowest BCUT2D eigenvalue weighted by molar-refractivity contribution is 0.508. The van der Waals surface area contributed by atoms with E-state index in [0.717, 1.165) is 9.98 Å². The summed E-state index contributed by atoms with van der Waals surface area (Å²) in [5.41, 5.74) is 4.57. The minimum atomic E-state index is -3.98. The molecule has 0 aliphatic carbocycles. The SMILES string of the molecule is CC(C)Cn1c(N)c(NS(=O)(=O)/C=C/c2ccccc2)c(=O)[nH]c1=O. The number of nitrogens with one attached hydrogen (secondary N) is 2. The number of hydrogen-bond donors (Lipinski definition) is 3. The molecule has 0 saturated carbocycles. The van der Waals surface area contributed by atoms with E-state index in [1.807, 2.05) is 19.9 Å². The number of aromatic nitrogens is 2. The first-order chi connectivity index (χ1) is 11.7. The predicted octanol–water partition coefficient (Wildman–Crippen LogP) is 1.19. The van der Waals surface area contributed by atoms with E-state index in [9.17, 15) is 18.0 Å². The highest BCUT2D eigenvalue weighted by Crippen LogP contribution is 2.14. The minimum Gasteiger partial charge on any atom is -0.383 e. The van der Waals surface area contributed by atoms with Gasteiger partial charge in [-0.3, -0.25) is 19.1 Å². The van der Waals surface area contributed by atoms with Gasteiger partial charge in [0, 0.05) is 6.54 Å². The second-order valence-corrected chi connectivity index (χ2v) is 7.45. The maximum absolute atomic E-state index is 12.2. The third-order valence-electron chi connectivity index (χ3n) is 3.27. The van der Waals surface area contributed by atoms with Crippen LogP contribution in [0.15, 0.2) is 45.3 Å². The number of nitrogens with zero attached hydrogens (tertiary/aromatic N) is 1. The van der Waals surface area contributed by atoms with Crippen molar-refractivity contribution in [3.8, 4) is 0 Å². The first kappa shape index (κ1) is 18.5. The van der Waals surface area contributed by atoms with Crippen LogP contribution in [-0.4, -0.2) is 18.0 Å². The number of nitrogen functional groups attached to an aromatic ring is 1. The van der Waals surface area contributed by atoms with Crippen molar-refractivity contribution >= 4 is 27.6 Å². The topological polar surface area (TPSA) is 127 Å². The van der Waals surface area contributed by atoms with Crippen LogP contribution in [-0.2, 0) is 16.6 Å². The third-order valence-corrected chi connectivity index (χ3v) is 4.25. The average Bonchev–Trinajstić information content (AvgIpc) is 2.54. The van der Waals surface area contributed by atoms with Crippen LogP contribution in [0.4, 0.5) is 11.5 Å². The Kier molecular flexibility index (Phi) is 5.48. The van der Waals surface area contributed by atoms with E-state index in [4.69, 9.17) is 5.73 Å². The summed E-state index contributed by atoms with van der Waals surface area (Å²) in [6.45, 7) is 3.98. The van der Waals surface area contributed by atoms with Gasteiger partial charge in [0.1, 0.15) is 5.82 Å². The van der Waals surface area contributed by atoms with Crippen LogP contribution in [0.5, 0.6) is 0 Å². The average molecular weight is 364 g/mol. The Labute approximate surface area is 145 Å². The molecule has 9 heteroatoms. The van der Waals surface area contributed by atoms with Gasteiger partial charge in [0.05, 0.1) is 5.41 Å². The molecular weight excluding hydrogens is 344 g/mol. The van der Waals surface area contributed by atoms with Crippen LogP contribution in [0.25, 0.3) is 6.08 Å². The van der Waals surface area contributed by atoms with E-state index in [1.54, 1.807) is 24.3 Å². The number of benzene rings is 1. The van der Waals surface area contributed by atoms with Crippen molar-refractivity contribution in [3.63, 3.8) is 0 Å². The van der Waals surface area contributed by atoms with Crippen molar-refractivity contribution in [2.75, 3.05) is 10.5 Å². The molecule has 0 spiro atoms. The molecule has 0 amide bonds. The molecule has 0 aliphatic heterocycles. The summed E-state index contributed by atoms with van der Waals surface area (Å²) >= 11 is 0. The monoisotopic (exact) mass is 364 g/mol. The lowest BCUT2D eigenvalue weighted by Gasteiger charge is -2.14. The zero-order valence-electron chi connectivity index (χ0n) is 13.9. The Morgan fingerprint density at radius 2 is 1.88 bits per heavy atom. The van der Waals surface area contributed by atoms with Gasteiger partial charge in [-0.1, -0.05) is 44.2 Å². The van der Waals surface area contributed by atoms with E-state index >= 15 is 0 Å². The summed E-state index contributed by atoms with van der Waals surface area (Å²) in [5.74, 6) is -0.146. The number of hydrogen-bond acceptors (Lipinski definition) is 5. The van der Waals surface area contributed by atoms with Gasteiger partial charge in [-0.25, -0.2) is 13.2 Å². The van der Waals surface area contributed by atoms with Crippen molar-refractivity contribution < 1.29 is 8.42 Å². The minimum absolute atomic E-state index is 0.0772. The number of anilines is 2. The lowest BCUT2D eigenvalue weighted by Crippen LogP contribution is -2.35. The summed E-state index contributed by atoms with van der Waals surface area (Å²) in [4.78, 5) is 25.9. The van der Waals surface area contributed by atoms with Gasteiger partial charge >= 0.3 is 5.69 Å². The summed E-state index contributed by atoms with van der Waals surface area (Å²) in [5, 5.41) is 0.930. The molecular formula is C16H20N4O4S. The fourth-order valence-corrected chi connectivity index (χ4v) is 3.03. The number of nitrogens with two attached hydrogens (primary N) is 1. The zero-order chi connectivity index (χ0) is 18.6. The molecule has 4 N–H and O–H groups in total. The van der Waals surface area contributed by atoms with Crippen LogP contribution >= 0.6 is 0 Å². The molecule has 134 valence electrons. The van der Waals surface area contributed by atoms with Crippen molar-refractivity contribution in [1.82, 2.24) is 9.55 Å². The molecule has 2 rings (SSSR count).